The highest BCUT2D eigenvalue weighted by Crippen LogP contribution is 2.30. The lowest BCUT2D eigenvalue weighted by Crippen LogP contribution is -2.44. The van der Waals surface area contributed by atoms with Crippen LogP contribution in [-0.2, 0) is 0 Å². The molecule has 1 aromatic carbocycles. The molecule has 1 aromatic rings. The van der Waals surface area contributed by atoms with Gasteiger partial charge in [0.05, 0.1) is 11.6 Å². The van der Waals surface area contributed by atoms with E-state index < -0.39 is 0 Å². The summed E-state index contributed by atoms with van der Waals surface area (Å²) in [4.78, 5) is 2.62. The minimum Gasteiger partial charge on any atom is -0.314 e. The molecule has 3 heteroatoms. The molecule has 0 saturated carbocycles. The van der Waals surface area contributed by atoms with Gasteiger partial charge >= 0.3 is 0 Å². The summed E-state index contributed by atoms with van der Waals surface area (Å²) in [7, 11) is 0. The molecule has 1 N–H and O–H groups in total. The second-order valence-electron chi connectivity index (χ2n) is 6.51. The van der Waals surface area contributed by atoms with Crippen molar-refractivity contribution in [1.82, 2.24) is 10.2 Å². The first kappa shape index (κ1) is 14.6. The zero-order chi connectivity index (χ0) is 14.7. The number of piperidine rings is 1. The third kappa shape index (κ3) is 3.28. The number of nitrogens with one attached hydrogen (secondary N) is 1. The quantitative estimate of drug-likeness (QED) is 0.926. The van der Waals surface area contributed by atoms with Gasteiger partial charge in [-0.1, -0.05) is 12.1 Å². The van der Waals surface area contributed by atoms with Crippen LogP contribution in [0, 0.1) is 17.2 Å². The predicted molar refractivity (Wildman–Crippen MR) is 84.9 cm³/mol. The van der Waals surface area contributed by atoms with E-state index in [-0.39, 0.29) is 0 Å². The molecule has 2 heterocycles. The van der Waals surface area contributed by atoms with Crippen LogP contribution in [0.25, 0.3) is 0 Å². The van der Waals surface area contributed by atoms with Gasteiger partial charge in [-0.3, -0.25) is 4.90 Å². The van der Waals surface area contributed by atoms with Crippen LogP contribution >= 0.6 is 0 Å². The minimum absolute atomic E-state index is 0.446. The van der Waals surface area contributed by atoms with E-state index in [9.17, 15) is 0 Å². The largest absolute Gasteiger partial charge is 0.314 e. The summed E-state index contributed by atoms with van der Waals surface area (Å²) in [5, 5.41) is 12.6. The molecule has 3 rings (SSSR count). The fraction of sp³-hybridized carbons (Fsp3) is 0.611. The third-order valence-corrected chi connectivity index (χ3v) is 5.23. The monoisotopic (exact) mass is 283 g/mol. The molecule has 112 valence electrons. The summed E-state index contributed by atoms with van der Waals surface area (Å²) < 4.78 is 0. The van der Waals surface area contributed by atoms with Crippen LogP contribution in [-0.4, -0.2) is 30.6 Å². The SMILES string of the molecule is CC(c1ccc(C#N)cc1)N1CCCC(C2CCCN2)C1. The maximum absolute atomic E-state index is 8.90. The molecule has 2 fully saturated rings. The topological polar surface area (TPSA) is 39.1 Å². The average Bonchev–Trinajstić information content (AvgIpc) is 3.09. The molecule has 2 aliphatic rings. The van der Waals surface area contributed by atoms with E-state index in [0.717, 1.165) is 17.5 Å². The molecule has 0 bridgehead atoms. The summed E-state index contributed by atoms with van der Waals surface area (Å²) in [6, 6.07) is 11.5. The van der Waals surface area contributed by atoms with Gasteiger partial charge in [0.1, 0.15) is 0 Å². The fourth-order valence-corrected chi connectivity index (χ4v) is 3.88. The van der Waals surface area contributed by atoms with Crippen LogP contribution in [0.2, 0.25) is 0 Å². The summed E-state index contributed by atoms with van der Waals surface area (Å²) in [6.45, 7) is 5.90. The van der Waals surface area contributed by atoms with E-state index in [0.29, 0.717) is 6.04 Å². The molecule has 3 atom stereocenters. The van der Waals surface area contributed by atoms with Gasteiger partial charge in [0.2, 0.25) is 0 Å². The average molecular weight is 283 g/mol. The molecule has 0 spiro atoms. The highest BCUT2D eigenvalue weighted by atomic mass is 15.2. The van der Waals surface area contributed by atoms with E-state index in [1.165, 1.54) is 50.9 Å². The Hall–Kier alpha value is -1.37. The smallest absolute Gasteiger partial charge is 0.0991 e. The van der Waals surface area contributed by atoms with Gasteiger partial charge in [0.15, 0.2) is 0 Å². The number of benzene rings is 1. The van der Waals surface area contributed by atoms with E-state index in [1.54, 1.807) is 0 Å². The van der Waals surface area contributed by atoms with Crippen molar-refractivity contribution < 1.29 is 0 Å². The number of rotatable bonds is 3. The Morgan fingerprint density at radius 1 is 1.24 bits per heavy atom. The number of likely N-dealkylation sites (tertiary alicyclic amines) is 1. The zero-order valence-electron chi connectivity index (χ0n) is 12.9. The standard InChI is InChI=1S/C18H25N3/c1-14(16-8-6-15(12-19)7-9-16)21-11-3-4-17(13-21)18-5-2-10-20-18/h6-9,14,17-18,20H,2-5,10-11,13H2,1H3. The van der Waals surface area contributed by atoms with Gasteiger partial charge in [-0.2, -0.15) is 5.26 Å². The summed E-state index contributed by atoms with van der Waals surface area (Å²) >= 11 is 0. The van der Waals surface area contributed by atoms with E-state index >= 15 is 0 Å². The third-order valence-electron chi connectivity index (χ3n) is 5.23. The first-order valence-corrected chi connectivity index (χ1v) is 8.25. The van der Waals surface area contributed by atoms with Gasteiger partial charge in [0, 0.05) is 18.6 Å². The number of hydrogen-bond donors (Lipinski definition) is 1. The lowest BCUT2D eigenvalue weighted by molar-refractivity contribution is 0.115. The van der Waals surface area contributed by atoms with Crippen molar-refractivity contribution in [3.8, 4) is 6.07 Å². The Bertz CT molecular complexity index is 496. The summed E-state index contributed by atoms with van der Waals surface area (Å²) in [6.07, 6.45) is 5.37. The van der Waals surface area contributed by atoms with Crippen molar-refractivity contribution >= 4 is 0 Å². The Kier molecular flexibility index (Phi) is 4.57. The fourth-order valence-electron chi connectivity index (χ4n) is 3.88. The van der Waals surface area contributed by atoms with Gasteiger partial charge < -0.3 is 5.32 Å². The first-order valence-electron chi connectivity index (χ1n) is 8.25. The van der Waals surface area contributed by atoms with Crippen molar-refractivity contribution in [2.75, 3.05) is 19.6 Å². The molecule has 0 aromatic heterocycles. The van der Waals surface area contributed by atoms with Gasteiger partial charge in [0.25, 0.3) is 0 Å². The van der Waals surface area contributed by atoms with Crippen molar-refractivity contribution in [3.63, 3.8) is 0 Å². The molecule has 0 amide bonds. The molecule has 2 aliphatic heterocycles. The van der Waals surface area contributed by atoms with E-state index in [2.05, 4.69) is 35.3 Å². The first-order chi connectivity index (χ1) is 10.3. The zero-order valence-corrected chi connectivity index (χ0v) is 12.9. The molecule has 3 nitrogen and oxygen atoms in total. The predicted octanol–water partition coefficient (Wildman–Crippen LogP) is 3.08. The number of nitrogens with zero attached hydrogens (tertiary/aromatic N) is 2. The molecule has 0 radical (unpaired) electrons. The molecule has 21 heavy (non-hydrogen) atoms. The summed E-state index contributed by atoms with van der Waals surface area (Å²) in [5.41, 5.74) is 2.08. The molecule has 3 unspecified atom stereocenters. The van der Waals surface area contributed by atoms with Crippen LogP contribution in [0.3, 0.4) is 0 Å². The number of hydrogen-bond acceptors (Lipinski definition) is 3. The normalized spacial score (nSPS) is 28.2. The molecular weight excluding hydrogens is 258 g/mol. The summed E-state index contributed by atoms with van der Waals surface area (Å²) in [5.74, 6) is 0.807. The van der Waals surface area contributed by atoms with Gasteiger partial charge in [-0.05, 0) is 69.3 Å². The highest BCUT2D eigenvalue weighted by molar-refractivity contribution is 5.32. The Morgan fingerprint density at radius 3 is 2.71 bits per heavy atom. The highest BCUT2D eigenvalue weighted by Gasteiger charge is 2.30. The second-order valence-corrected chi connectivity index (χ2v) is 6.51. The van der Waals surface area contributed by atoms with Crippen molar-refractivity contribution in [2.24, 2.45) is 5.92 Å². The Morgan fingerprint density at radius 2 is 2.05 bits per heavy atom. The van der Waals surface area contributed by atoms with E-state index in [4.69, 9.17) is 5.26 Å². The van der Waals surface area contributed by atoms with Gasteiger partial charge in [-0.15, -0.1) is 0 Å². The maximum Gasteiger partial charge on any atom is 0.0991 e. The second kappa shape index (κ2) is 6.60. The van der Waals surface area contributed by atoms with Crippen LogP contribution in [0.1, 0.15) is 49.8 Å². The molecule has 2 saturated heterocycles. The van der Waals surface area contributed by atoms with Crippen molar-refractivity contribution in [2.45, 2.75) is 44.7 Å². The van der Waals surface area contributed by atoms with Crippen LogP contribution in [0.15, 0.2) is 24.3 Å². The van der Waals surface area contributed by atoms with Gasteiger partial charge in [-0.25, -0.2) is 0 Å². The maximum atomic E-state index is 8.90. The van der Waals surface area contributed by atoms with Crippen LogP contribution < -0.4 is 5.32 Å². The van der Waals surface area contributed by atoms with Crippen LogP contribution in [0.4, 0.5) is 0 Å². The molecule has 0 aliphatic carbocycles. The van der Waals surface area contributed by atoms with Crippen molar-refractivity contribution in [1.29, 1.82) is 5.26 Å². The minimum atomic E-state index is 0.446. The van der Waals surface area contributed by atoms with E-state index in [1.807, 2.05) is 12.1 Å². The Labute approximate surface area is 128 Å². The van der Waals surface area contributed by atoms with Crippen molar-refractivity contribution in [3.05, 3.63) is 35.4 Å². The Balaban J connectivity index is 1.65. The number of nitriles is 1. The lowest BCUT2D eigenvalue weighted by Gasteiger charge is -2.39. The van der Waals surface area contributed by atoms with Crippen LogP contribution in [0.5, 0.6) is 0 Å². The lowest BCUT2D eigenvalue weighted by atomic mass is 9.88. The molecular formula is C18H25N3.